The van der Waals surface area contributed by atoms with Gasteiger partial charge in [-0.1, -0.05) is 54.1 Å². The van der Waals surface area contributed by atoms with Crippen LogP contribution in [0, 0.1) is 0 Å². The summed E-state index contributed by atoms with van der Waals surface area (Å²) < 4.78 is 0. The monoisotopic (exact) mass is 427 g/mol. The highest BCUT2D eigenvalue weighted by Crippen LogP contribution is 2.56. The Hall–Kier alpha value is -0.380. The van der Waals surface area contributed by atoms with Crippen molar-refractivity contribution in [1.82, 2.24) is 4.98 Å². The van der Waals surface area contributed by atoms with Crippen LogP contribution >= 0.6 is 55.6 Å². The Morgan fingerprint density at radius 3 is 2.55 bits per heavy atom. The summed E-state index contributed by atoms with van der Waals surface area (Å²) in [6, 6.07) is 18.3. The molecule has 0 aliphatic heterocycles. The third-order valence-electron chi connectivity index (χ3n) is 2.95. The largest absolute Gasteiger partial charge is 0.240 e. The Bertz CT molecular complexity index is 733. The van der Waals surface area contributed by atoms with Gasteiger partial charge in [-0.3, -0.25) is 0 Å². The molecular formula is C16H12BrClNPS2. The minimum absolute atomic E-state index is 0.370. The van der Waals surface area contributed by atoms with E-state index < -0.39 is 0 Å². The second-order valence-corrected chi connectivity index (χ2v) is 12.8. The van der Waals surface area contributed by atoms with Crippen LogP contribution in [0.3, 0.4) is 0 Å². The molecule has 0 amide bonds. The fourth-order valence-corrected chi connectivity index (χ4v) is 7.28. The predicted molar refractivity (Wildman–Crippen MR) is 106 cm³/mol. The number of hydrogen-bond acceptors (Lipinski definition) is 3. The van der Waals surface area contributed by atoms with E-state index in [2.05, 4.69) is 45.1 Å². The zero-order chi connectivity index (χ0) is 15.4. The van der Waals surface area contributed by atoms with Crippen molar-refractivity contribution in [1.29, 1.82) is 0 Å². The second kappa shape index (κ2) is 7.94. The minimum atomic E-state index is -0.370. The van der Waals surface area contributed by atoms with Crippen LogP contribution in [0.1, 0.15) is 5.01 Å². The van der Waals surface area contributed by atoms with Gasteiger partial charge in [0.1, 0.15) is 5.01 Å². The lowest BCUT2D eigenvalue weighted by atomic mass is 10.2. The van der Waals surface area contributed by atoms with Crippen molar-refractivity contribution < 1.29 is 0 Å². The first-order chi connectivity index (χ1) is 10.7. The fourth-order valence-electron chi connectivity index (χ4n) is 1.86. The van der Waals surface area contributed by atoms with E-state index in [1.807, 2.05) is 41.7 Å². The average molecular weight is 429 g/mol. The highest BCUT2D eigenvalue weighted by atomic mass is 79.9. The predicted octanol–water partition coefficient (Wildman–Crippen LogP) is 6.73. The van der Waals surface area contributed by atoms with Crippen LogP contribution in [-0.4, -0.2) is 4.98 Å². The molecule has 1 atom stereocenters. The zero-order valence-electron chi connectivity index (χ0n) is 11.4. The second-order valence-electron chi connectivity index (χ2n) is 4.49. The van der Waals surface area contributed by atoms with Gasteiger partial charge in [0.2, 0.25) is 0 Å². The Morgan fingerprint density at radius 2 is 1.82 bits per heavy atom. The Labute approximate surface area is 152 Å². The lowest BCUT2D eigenvalue weighted by molar-refractivity contribution is 1.27. The van der Waals surface area contributed by atoms with Gasteiger partial charge < -0.3 is 0 Å². The number of aromatic nitrogens is 1. The lowest BCUT2D eigenvalue weighted by Gasteiger charge is -2.07. The van der Waals surface area contributed by atoms with Gasteiger partial charge in [0.25, 0.3) is 0 Å². The summed E-state index contributed by atoms with van der Waals surface area (Å²) >= 11 is 13.3. The van der Waals surface area contributed by atoms with Crippen LogP contribution < -0.4 is 5.30 Å². The molecule has 0 aliphatic carbocycles. The fraction of sp³-hybridized carbons (Fsp3) is 0.0625. The minimum Gasteiger partial charge on any atom is -0.240 e. The van der Waals surface area contributed by atoms with Crippen LogP contribution in [0.25, 0.3) is 11.3 Å². The molecule has 1 unspecified atom stereocenters. The zero-order valence-corrected chi connectivity index (χ0v) is 16.3. The van der Waals surface area contributed by atoms with E-state index in [9.17, 15) is 0 Å². The first-order valence-electron chi connectivity index (χ1n) is 6.56. The molecule has 1 aromatic heterocycles. The SMILES string of the molecule is Clc1ccc(-c2csc(CSP(Br)c3ccccc3)n2)cc1. The van der Waals surface area contributed by atoms with Crippen LogP contribution in [0.4, 0.5) is 0 Å². The molecule has 0 N–H and O–H groups in total. The van der Waals surface area contributed by atoms with Gasteiger partial charge in [-0.05, 0) is 32.9 Å². The number of halogens is 2. The van der Waals surface area contributed by atoms with E-state index in [1.54, 1.807) is 11.3 Å². The molecule has 22 heavy (non-hydrogen) atoms. The van der Waals surface area contributed by atoms with E-state index >= 15 is 0 Å². The average Bonchev–Trinajstić information content (AvgIpc) is 3.03. The number of nitrogens with zero attached hydrogens (tertiary/aromatic N) is 1. The lowest BCUT2D eigenvalue weighted by Crippen LogP contribution is -1.92. The quantitative estimate of drug-likeness (QED) is 0.418. The third kappa shape index (κ3) is 4.33. The number of thiazole rings is 1. The summed E-state index contributed by atoms with van der Waals surface area (Å²) in [6.07, 6.45) is 0. The molecule has 0 aliphatic rings. The maximum absolute atomic E-state index is 5.92. The summed E-state index contributed by atoms with van der Waals surface area (Å²) in [5.41, 5.74) is 2.14. The van der Waals surface area contributed by atoms with Crippen LogP contribution in [0.2, 0.25) is 5.02 Å². The number of rotatable bonds is 5. The van der Waals surface area contributed by atoms with Crippen molar-refractivity contribution in [3.05, 3.63) is 70.0 Å². The van der Waals surface area contributed by atoms with Crippen molar-refractivity contribution in [3.8, 4) is 11.3 Å². The van der Waals surface area contributed by atoms with Gasteiger partial charge in [0, 0.05) is 16.0 Å². The van der Waals surface area contributed by atoms with Crippen molar-refractivity contribution in [2.24, 2.45) is 0 Å². The molecular weight excluding hydrogens is 417 g/mol. The first-order valence-corrected chi connectivity index (χ1v) is 12.8. The molecule has 6 heteroatoms. The van der Waals surface area contributed by atoms with Crippen LogP contribution in [0.5, 0.6) is 0 Å². The normalized spacial score (nSPS) is 12.3. The maximum Gasteiger partial charge on any atom is 0.104 e. The Kier molecular flexibility index (Phi) is 5.95. The van der Waals surface area contributed by atoms with Gasteiger partial charge in [-0.25, -0.2) is 4.98 Å². The molecule has 0 fully saturated rings. The number of benzene rings is 2. The molecule has 0 radical (unpaired) electrons. The van der Waals surface area contributed by atoms with E-state index in [-0.39, 0.29) is 5.83 Å². The molecule has 1 nitrogen and oxygen atoms in total. The molecule has 3 aromatic rings. The molecule has 0 saturated carbocycles. The van der Waals surface area contributed by atoms with Crippen molar-refractivity contribution in [3.63, 3.8) is 0 Å². The molecule has 0 spiro atoms. The van der Waals surface area contributed by atoms with Crippen molar-refractivity contribution in [2.45, 2.75) is 5.75 Å². The van der Waals surface area contributed by atoms with Crippen LogP contribution in [-0.2, 0) is 5.75 Å². The van der Waals surface area contributed by atoms with Crippen molar-refractivity contribution >= 4 is 60.9 Å². The van der Waals surface area contributed by atoms with Gasteiger partial charge in [-0.15, -0.1) is 22.7 Å². The Balaban J connectivity index is 1.63. The van der Waals surface area contributed by atoms with Gasteiger partial charge in [0.15, 0.2) is 0 Å². The highest BCUT2D eigenvalue weighted by molar-refractivity contribution is 9.48. The van der Waals surface area contributed by atoms with Crippen LogP contribution in [0.15, 0.2) is 60.0 Å². The summed E-state index contributed by atoms with van der Waals surface area (Å²) in [6.45, 7) is 0. The highest BCUT2D eigenvalue weighted by Gasteiger charge is 2.10. The van der Waals surface area contributed by atoms with Gasteiger partial charge >= 0.3 is 0 Å². The smallest absolute Gasteiger partial charge is 0.104 e. The first kappa shape index (κ1) is 16.5. The summed E-state index contributed by atoms with van der Waals surface area (Å²) in [4.78, 5) is 4.72. The van der Waals surface area contributed by atoms with E-state index in [1.165, 1.54) is 5.30 Å². The Morgan fingerprint density at radius 1 is 1.09 bits per heavy atom. The summed E-state index contributed by atoms with van der Waals surface area (Å²) in [7, 11) is 0. The molecule has 0 bridgehead atoms. The molecule has 112 valence electrons. The van der Waals surface area contributed by atoms with Gasteiger partial charge in [0.05, 0.1) is 17.3 Å². The number of hydrogen-bond donors (Lipinski definition) is 0. The summed E-state index contributed by atoms with van der Waals surface area (Å²) in [5.74, 6) is 0.550. The molecule has 0 saturated heterocycles. The maximum atomic E-state index is 5.92. The van der Waals surface area contributed by atoms with E-state index in [0.29, 0.717) is 0 Å². The molecule has 3 rings (SSSR count). The molecule has 1 heterocycles. The third-order valence-corrected chi connectivity index (χ3v) is 10.3. The van der Waals surface area contributed by atoms with E-state index in [4.69, 9.17) is 16.6 Å². The standard InChI is InChI=1S/C16H12BrClNPS2/c17-20(14-4-2-1-3-5-14)22-11-16-19-15(10-21-16)12-6-8-13(18)9-7-12/h1-10H,11H2. The topological polar surface area (TPSA) is 12.9 Å². The van der Waals surface area contributed by atoms with E-state index in [0.717, 1.165) is 27.0 Å². The van der Waals surface area contributed by atoms with Gasteiger partial charge in [-0.2, -0.15) is 0 Å². The summed E-state index contributed by atoms with van der Waals surface area (Å²) in [5, 5.41) is 5.36. The molecule has 2 aromatic carbocycles. The van der Waals surface area contributed by atoms with Crippen molar-refractivity contribution in [2.75, 3.05) is 0 Å².